The van der Waals surface area contributed by atoms with Gasteiger partial charge in [0.15, 0.2) is 23.0 Å². The second-order valence-corrected chi connectivity index (χ2v) is 6.39. The number of quaternary nitrogens is 1. The van der Waals surface area contributed by atoms with E-state index in [4.69, 9.17) is 14.2 Å². The van der Waals surface area contributed by atoms with Crippen LogP contribution in [0.2, 0.25) is 0 Å². The molecule has 2 aromatic carbocycles. The third kappa shape index (κ3) is 2.43. The van der Waals surface area contributed by atoms with Crippen LogP contribution in [0, 0.1) is 0 Å². The van der Waals surface area contributed by atoms with Gasteiger partial charge in [0, 0.05) is 18.1 Å². The zero-order valence-corrected chi connectivity index (χ0v) is 14.7. The zero-order chi connectivity index (χ0) is 17.6. The topological polar surface area (TPSA) is 52.4 Å². The molecule has 5 nitrogen and oxygen atoms in total. The van der Waals surface area contributed by atoms with Crippen molar-refractivity contribution in [1.29, 1.82) is 0 Å². The summed E-state index contributed by atoms with van der Waals surface area (Å²) in [6, 6.07) is 7.80. The Kier molecular flexibility index (Phi) is 3.81. The highest BCUT2D eigenvalue weighted by Gasteiger charge is 2.33. The standard InChI is InChI=1S/C20H21NO4/c1-23-18-9-13-6-7-21-11-15-12(4-5-17(22)20(15)25-3)8-16(21)14(13)10-19(18)24-2/h4-5,8-10,22H,6-7,11H2,1-3H3/p+1. The van der Waals surface area contributed by atoms with Crippen molar-refractivity contribution in [2.24, 2.45) is 0 Å². The molecule has 2 aromatic rings. The molecule has 5 heteroatoms. The highest BCUT2D eigenvalue weighted by Crippen LogP contribution is 2.38. The van der Waals surface area contributed by atoms with Crippen molar-refractivity contribution >= 4 is 11.8 Å². The molecule has 1 atom stereocenters. The molecule has 0 saturated carbocycles. The molecule has 0 bridgehead atoms. The monoisotopic (exact) mass is 340 g/mol. The van der Waals surface area contributed by atoms with Gasteiger partial charge < -0.3 is 19.3 Å². The fourth-order valence-electron chi connectivity index (χ4n) is 3.90. The van der Waals surface area contributed by atoms with Crippen LogP contribution in [-0.4, -0.2) is 33.0 Å². The van der Waals surface area contributed by atoms with Crippen LogP contribution in [0.3, 0.4) is 0 Å². The lowest BCUT2D eigenvalue weighted by Crippen LogP contribution is -3.09. The first-order valence-corrected chi connectivity index (χ1v) is 8.37. The molecule has 0 spiro atoms. The highest BCUT2D eigenvalue weighted by atomic mass is 16.5. The van der Waals surface area contributed by atoms with Crippen LogP contribution in [0.25, 0.3) is 11.8 Å². The fourth-order valence-corrected chi connectivity index (χ4v) is 3.90. The minimum atomic E-state index is 0.196. The average Bonchev–Trinajstić information content (AvgIpc) is 2.65. The quantitative estimate of drug-likeness (QED) is 0.896. The van der Waals surface area contributed by atoms with Crippen molar-refractivity contribution in [2.45, 2.75) is 13.0 Å². The second kappa shape index (κ2) is 6.01. The maximum Gasteiger partial charge on any atom is 0.169 e. The molecule has 0 saturated heterocycles. The molecule has 2 aliphatic heterocycles. The zero-order valence-electron chi connectivity index (χ0n) is 14.7. The van der Waals surface area contributed by atoms with Gasteiger partial charge in [0.1, 0.15) is 12.2 Å². The lowest BCUT2D eigenvalue weighted by atomic mass is 9.90. The number of rotatable bonds is 3. The summed E-state index contributed by atoms with van der Waals surface area (Å²) in [5.41, 5.74) is 5.89. The van der Waals surface area contributed by atoms with Gasteiger partial charge in [-0.1, -0.05) is 6.07 Å². The van der Waals surface area contributed by atoms with E-state index < -0.39 is 0 Å². The molecule has 2 aliphatic rings. The third-order valence-corrected chi connectivity index (χ3v) is 5.15. The van der Waals surface area contributed by atoms with Gasteiger partial charge in [0.2, 0.25) is 0 Å². The molecule has 0 radical (unpaired) electrons. The number of hydrogen-bond donors (Lipinski definition) is 2. The van der Waals surface area contributed by atoms with E-state index in [1.807, 2.05) is 6.07 Å². The Bertz CT molecular complexity index is 872. The number of methoxy groups -OCH3 is 3. The van der Waals surface area contributed by atoms with Crippen molar-refractivity contribution in [2.75, 3.05) is 27.9 Å². The van der Waals surface area contributed by atoms with E-state index in [1.54, 1.807) is 27.4 Å². The SMILES string of the molecule is COc1cc2c(cc1OC)C1=Cc3ccc(O)c(OC)c3C[NH+]1CC2. The molecule has 130 valence electrons. The summed E-state index contributed by atoms with van der Waals surface area (Å²) in [6.07, 6.45) is 3.17. The van der Waals surface area contributed by atoms with E-state index >= 15 is 0 Å². The molecular formula is C20H22NO4+. The van der Waals surface area contributed by atoms with E-state index in [1.165, 1.54) is 21.7 Å². The lowest BCUT2D eigenvalue weighted by Gasteiger charge is -2.32. The van der Waals surface area contributed by atoms with Crippen LogP contribution in [0.4, 0.5) is 0 Å². The largest absolute Gasteiger partial charge is 0.504 e. The molecule has 25 heavy (non-hydrogen) atoms. The minimum absolute atomic E-state index is 0.196. The molecule has 2 heterocycles. The van der Waals surface area contributed by atoms with E-state index in [0.29, 0.717) is 5.75 Å². The van der Waals surface area contributed by atoms with E-state index in [9.17, 15) is 5.11 Å². The Balaban J connectivity index is 1.87. The van der Waals surface area contributed by atoms with Gasteiger partial charge in [-0.25, -0.2) is 0 Å². The van der Waals surface area contributed by atoms with Crippen LogP contribution in [-0.2, 0) is 13.0 Å². The first-order chi connectivity index (χ1) is 12.2. The van der Waals surface area contributed by atoms with Crippen molar-refractivity contribution in [3.63, 3.8) is 0 Å². The van der Waals surface area contributed by atoms with Crippen molar-refractivity contribution in [3.8, 4) is 23.0 Å². The molecular weight excluding hydrogens is 318 g/mol. The Hall–Kier alpha value is -2.66. The summed E-state index contributed by atoms with van der Waals surface area (Å²) in [4.78, 5) is 1.37. The molecule has 0 amide bonds. The van der Waals surface area contributed by atoms with Gasteiger partial charge in [-0.3, -0.25) is 4.90 Å². The maximum atomic E-state index is 10.1. The Labute approximate surface area is 147 Å². The lowest BCUT2D eigenvalue weighted by molar-refractivity contribution is -0.841. The molecule has 1 unspecified atom stereocenters. The summed E-state index contributed by atoms with van der Waals surface area (Å²) in [5.74, 6) is 2.30. The first-order valence-electron chi connectivity index (χ1n) is 8.37. The summed E-state index contributed by atoms with van der Waals surface area (Å²) in [7, 11) is 4.93. The van der Waals surface area contributed by atoms with Crippen molar-refractivity contribution < 1.29 is 24.2 Å². The first kappa shape index (κ1) is 15.8. The number of nitrogens with one attached hydrogen (secondary N) is 1. The second-order valence-electron chi connectivity index (χ2n) is 6.39. The minimum Gasteiger partial charge on any atom is -0.504 e. The van der Waals surface area contributed by atoms with Gasteiger partial charge in [0.25, 0.3) is 0 Å². The number of phenols is 1. The molecule has 2 N–H and O–H groups in total. The fraction of sp³-hybridized carbons (Fsp3) is 0.300. The molecule has 0 aliphatic carbocycles. The summed E-state index contributed by atoms with van der Waals surface area (Å²) in [6.45, 7) is 1.79. The van der Waals surface area contributed by atoms with Crippen LogP contribution < -0.4 is 19.1 Å². The van der Waals surface area contributed by atoms with Gasteiger partial charge >= 0.3 is 0 Å². The van der Waals surface area contributed by atoms with Gasteiger partial charge in [-0.05, 0) is 29.3 Å². The third-order valence-electron chi connectivity index (χ3n) is 5.15. The summed E-state index contributed by atoms with van der Waals surface area (Å²) in [5, 5.41) is 10.1. The van der Waals surface area contributed by atoms with Crippen molar-refractivity contribution in [1.82, 2.24) is 0 Å². The van der Waals surface area contributed by atoms with Crippen LogP contribution in [0.5, 0.6) is 23.0 Å². The van der Waals surface area contributed by atoms with E-state index in [-0.39, 0.29) is 5.75 Å². The smallest absolute Gasteiger partial charge is 0.169 e. The Morgan fingerprint density at radius 1 is 1.00 bits per heavy atom. The number of aromatic hydroxyl groups is 1. The predicted octanol–water partition coefficient (Wildman–Crippen LogP) is 1.87. The van der Waals surface area contributed by atoms with Gasteiger partial charge in [-0.2, -0.15) is 0 Å². The van der Waals surface area contributed by atoms with Crippen molar-refractivity contribution in [3.05, 3.63) is 46.5 Å². The molecule has 0 aromatic heterocycles. The number of benzene rings is 2. The predicted molar refractivity (Wildman–Crippen MR) is 95.3 cm³/mol. The van der Waals surface area contributed by atoms with Gasteiger partial charge in [-0.15, -0.1) is 0 Å². The summed E-state index contributed by atoms with van der Waals surface area (Å²) < 4.78 is 16.4. The maximum absolute atomic E-state index is 10.1. The van der Waals surface area contributed by atoms with Crippen LogP contribution >= 0.6 is 0 Å². The normalized spacial score (nSPS) is 17.7. The average molecular weight is 340 g/mol. The van der Waals surface area contributed by atoms with Gasteiger partial charge in [0.05, 0.1) is 33.4 Å². The summed E-state index contributed by atoms with van der Waals surface area (Å²) >= 11 is 0. The number of phenolic OH excluding ortho intramolecular Hbond substituents is 1. The van der Waals surface area contributed by atoms with E-state index in [0.717, 1.165) is 42.1 Å². The number of hydrogen-bond acceptors (Lipinski definition) is 4. The van der Waals surface area contributed by atoms with E-state index in [2.05, 4.69) is 18.2 Å². The highest BCUT2D eigenvalue weighted by molar-refractivity contribution is 5.82. The van der Waals surface area contributed by atoms with Crippen LogP contribution in [0.1, 0.15) is 22.3 Å². The Morgan fingerprint density at radius 3 is 2.48 bits per heavy atom. The van der Waals surface area contributed by atoms with Crippen LogP contribution in [0.15, 0.2) is 24.3 Å². The number of fused-ring (bicyclic) bond motifs is 4. The molecule has 4 rings (SSSR count). The Morgan fingerprint density at radius 2 is 1.76 bits per heavy atom. The molecule has 0 fully saturated rings. The number of ether oxygens (including phenoxy) is 3.